The molecule has 0 radical (unpaired) electrons. The van der Waals surface area contributed by atoms with E-state index in [2.05, 4.69) is 6.92 Å². The van der Waals surface area contributed by atoms with Gasteiger partial charge in [0.15, 0.2) is 0 Å². The van der Waals surface area contributed by atoms with Crippen LogP contribution in [0.15, 0.2) is 0 Å². The SMILES string of the molecule is CCCCCC(N)C1C2CCCC21. The van der Waals surface area contributed by atoms with E-state index in [9.17, 15) is 0 Å². The van der Waals surface area contributed by atoms with Gasteiger partial charge in [-0.15, -0.1) is 0 Å². The van der Waals surface area contributed by atoms with Crippen LogP contribution in [0.2, 0.25) is 0 Å². The smallest absolute Gasteiger partial charge is 0.00726 e. The largest absolute Gasteiger partial charge is 0.327 e. The molecule has 1 nitrogen and oxygen atoms in total. The van der Waals surface area contributed by atoms with Gasteiger partial charge >= 0.3 is 0 Å². The first-order valence-corrected chi connectivity index (χ1v) is 6.10. The minimum Gasteiger partial charge on any atom is -0.327 e. The maximum Gasteiger partial charge on any atom is 0.00726 e. The molecular weight excluding hydrogens is 158 g/mol. The molecule has 2 N–H and O–H groups in total. The highest BCUT2D eigenvalue weighted by Crippen LogP contribution is 2.59. The summed E-state index contributed by atoms with van der Waals surface area (Å²) in [4.78, 5) is 0. The van der Waals surface area contributed by atoms with Gasteiger partial charge < -0.3 is 5.73 Å². The molecule has 3 unspecified atom stereocenters. The first kappa shape index (κ1) is 9.51. The minimum atomic E-state index is 0.543. The number of hydrogen-bond acceptors (Lipinski definition) is 1. The molecule has 2 saturated carbocycles. The van der Waals surface area contributed by atoms with Crippen LogP contribution in [0.1, 0.15) is 51.9 Å². The Kier molecular flexibility index (Phi) is 2.92. The first-order valence-electron chi connectivity index (χ1n) is 6.10. The van der Waals surface area contributed by atoms with Crippen molar-refractivity contribution in [2.45, 2.75) is 57.9 Å². The Morgan fingerprint density at radius 3 is 2.54 bits per heavy atom. The van der Waals surface area contributed by atoms with E-state index in [4.69, 9.17) is 5.73 Å². The van der Waals surface area contributed by atoms with Gasteiger partial charge in [0, 0.05) is 6.04 Å². The first-order chi connectivity index (χ1) is 6.34. The molecule has 3 atom stereocenters. The average Bonchev–Trinajstić information content (AvgIpc) is 2.61. The van der Waals surface area contributed by atoms with Gasteiger partial charge in [-0.05, 0) is 37.0 Å². The molecule has 76 valence electrons. The van der Waals surface area contributed by atoms with Gasteiger partial charge in [-0.2, -0.15) is 0 Å². The summed E-state index contributed by atoms with van der Waals surface area (Å²) >= 11 is 0. The van der Waals surface area contributed by atoms with Crippen LogP contribution in [0.5, 0.6) is 0 Å². The van der Waals surface area contributed by atoms with Crippen molar-refractivity contribution in [1.29, 1.82) is 0 Å². The Morgan fingerprint density at radius 1 is 1.23 bits per heavy atom. The van der Waals surface area contributed by atoms with Crippen LogP contribution in [0.4, 0.5) is 0 Å². The molecular formula is C12H23N. The lowest BCUT2D eigenvalue weighted by atomic mass is 9.99. The maximum atomic E-state index is 6.21. The molecule has 0 saturated heterocycles. The van der Waals surface area contributed by atoms with Crippen LogP contribution >= 0.6 is 0 Å². The van der Waals surface area contributed by atoms with E-state index in [0.29, 0.717) is 6.04 Å². The van der Waals surface area contributed by atoms with Crippen LogP contribution in [-0.2, 0) is 0 Å². The zero-order chi connectivity index (χ0) is 9.26. The lowest BCUT2D eigenvalue weighted by Gasteiger charge is -2.12. The Bertz CT molecular complexity index is 157. The van der Waals surface area contributed by atoms with E-state index in [0.717, 1.165) is 17.8 Å². The molecule has 2 aliphatic rings. The van der Waals surface area contributed by atoms with E-state index in [1.807, 2.05) is 0 Å². The van der Waals surface area contributed by atoms with Crippen molar-refractivity contribution in [2.75, 3.05) is 0 Å². The van der Waals surface area contributed by atoms with Crippen LogP contribution in [0.25, 0.3) is 0 Å². The minimum absolute atomic E-state index is 0.543. The van der Waals surface area contributed by atoms with Gasteiger partial charge in [-0.3, -0.25) is 0 Å². The van der Waals surface area contributed by atoms with Crippen molar-refractivity contribution in [2.24, 2.45) is 23.5 Å². The lowest BCUT2D eigenvalue weighted by molar-refractivity contribution is 0.446. The monoisotopic (exact) mass is 181 g/mol. The third-order valence-electron chi connectivity index (χ3n) is 4.11. The van der Waals surface area contributed by atoms with Gasteiger partial charge in [0.1, 0.15) is 0 Å². The number of hydrogen-bond donors (Lipinski definition) is 1. The molecule has 2 fully saturated rings. The van der Waals surface area contributed by atoms with E-state index in [1.165, 1.54) is 44.9 Å². The van der Waals surface area contributed by atoms with E-state index in [1.54, 1.807) is 0 Å². The number of fused-ring (bicyclic) bond motifs is 1. The molecule has 0 aliphatic heterocycles. The van der Waals surface area contributed by atoms with Gasteiger partial charge in [0.05, 0.1) is 0 Å². The normalized spacial score (nSPS) is 38.8. The van der Waals surface area contributed by atoms with Gasteiger partial charge in [0.25, 0.3) is 0 Å². The third kappa shape index (κ3) is 1.90. The van der Waals surface area contributed by atoms with Gasteiger partial charge in [-0.1, -0.05) is 32.6 Å². The van der Waals surface area contributed by atoms with Gasteiger partial charge in [-0.25, -0.2) is 0 Å². The van der Waals surface area contributed by atoms with Gasteiger partial charge in [0.2, 0.25) is 0 Å². The molecule has 0 amide bonds. The fraction of sp³-hybridized carbons (Fsp3) is 1.00. The Morgan fingerprint density at radius 2 is 1.92 bits per heavy atom. The molecule has 0 aromatic heterocycles. The second-order valence-corrected chi connectivity index (χ2v) is 5.00. The molecule has 1 heteroatoms. The zero-order valence-electron chi connectivity index (χ0n) is 8.84. The van der Waals surface area contributed by atoms with Crippen molar-refractivity contribution in [3.05, 3.63) is 0 Å². The molecule has 2 rings (SSSR count). The quantitative estimate of drug-likeness (QED) is 0.648. The Hall–Kier alpha value is -0.0400. The van der Waals surface area contributed by atoms with E-state index >= 15 is 0 Å². The summed E-state index contributed by atoms with van der Waals surface area (Å²) in [5, 5.41) is 0. The molecule has 0 bridgehead atoms. The lowest BCUT2D eigenvalue weighted by Crippen LogP contribution is -2.24. The number of unbranched alkanes of at least 4 members (excludes halogenated alkanes) is 2. The molecule has 0 aromatic rings. The summed E-state index contributed by atoms with van der Waals surface area (Å²) in [5.74, 6) is 3.04. The highest BCUT2D eigenvalue weighted by Gasteiger charge is 2.54. The van der Waals surface area contributed by atoms with E-state index < -0.39 is 0 Å². The Labute approximate surface area is 82.1 Å². The molecule has 0 heterocycles. The van der Waals surface area contributed by atoms with Crippen LogP contribution in [0.3, 0.4) is 0 Å². The average molecular weight is 181 g/mol. The fourth-order valence-corrected chi connectivity index (χ4v) is 3.33. The third-order valence-corrected chi connectivity index (χ3v) is 4.11. The molecule has 0 spiro atoms. The maximum absolute atomic E-state index is 6.21. The van der Waals surface area contributed by atoms with Crippen LogP contribution < -0.4 is 5.73 Å². The highest BCUT2D eigenvalue weighted by atomic mass is 14.7. The van der Waals surface area contributed by atoms with Crippen molar-refractivity contribution in [3.63, 3.8) is 0 Å². The number of nitrogens with two attached hydrogens (primary N) is 1. The zero-order valence-corrected chi connectivity index (χ0v) is 8.84. The predicted molar refractivity (Wildman–Crippen MR) is 56.4 cm³/mol. The Balaban J connectivity index is 1.65. The highest BCUT2D eigenvalue weighted by molar-refractivity contribution is 5.05. The second-order valence-electron chi connectivity index (χ2n) is 5.00. The van der Waals surface area contributed by atoms with Crippen LogP contribution in [0, 0.1) is 17.8 Å². The summed E-state index contributed by atoms with van der Waals surface area (Å²) < 4.78 is 0. The summed E-state index contributed by atoms with van der Waals surface area (Å²) in [6, 6.07) is 0.543. The summed E-state index contributed by atoms with van der Waals surface area (Å²) in [6.45, 7) is 2.26. The fourth-order valence-electron chi connectivity index (χ4n) is 3.33. The molecule has 2 aliphatic carbocycles. The van der Waals surface area contributed by atoms with E-state index in [-0.39, 0.29) is 0 Å². The van der Waals surface area contributed by atoms with Crippen LogP contribution in [-0.4, -0.2) is 6.04 Å². The van der Waals surface area contributed by atoms with Crippen molar-refractivity contribution >= 4 is 0 Å². The van der Waals surface area contributed by atoms with Crippen molar-refractivity contribution in [1.82, 2.24) is 0 Å². The topological polar surface area (TPSA) is 26.0 Å². The molecule has 13 heavy (non-hydrogen) atoms. The summed E-state index contributed by atoms with van der Waals surface area (Å²) in [5.41, 5.74) is 6.21. The number of rotatable bonds is 5. The predicted octanol–water partition coefficient (Wildman–Crippen LogP) is 2.94. The summed E-state index contributed by atoms with van der Waals surface area (Å²) in [6.07, 6.45) is 9.78. The van der Waals surface area contributed by atoms with Crippen molar-refractivity contribution in [3.8, 4) is 0 Å². The van der Waals surface area contributed by atoms with Crippen molar-refractivity contribution < 1.29 is 0 Å². The standard InChI is InChI=1S/C12H23N/c1-2-3-4-8-11(13)12-9-6-5-7-10(9)12/h9-12H,2-8,13H2,1H3. The second kappa shape index (κ2) is 4.00. The summed E-state index contributed by atoms with van der Waals surface area (Å²) in [7, 11) is 0. The molecule has 0 aromatic carbocycles.